The quantitative estimate of drug-likeness (QED) is 0.383. The first kappa shape index (κ1) is 19.2. The van der Waals surface area contributed by atoms with Crippen LogP contribution in [0.15, 0.2) is 6.33 Å². The minimum atomic E-state index is -1.62. The lowest BCUT2D eigenvalue weighted by atomic mass is 9.85. The molecule has 3 heterocycles. The predicted molar refractivity (Wildman–Crippen MR) is 101 cm³/mol. The molecule has 7 unspecified atom stereocenters. The monoisotopic (exact) mass is 415 g/mol. The number of aliphatic hydroxyl groups excluding tert-OH is 2. The maximum Gasteiger partial charge on any atom is 0.335 e. The Labute approximate surface area is 170 Å². The number of imidazole rings is 1. The first-order chi connectivity index (χ1) is 14.3. The van der Waals surface area contributed by atoms with Gasteiger partial charge in [-0.1, -0.05) is 5.92 Å². The van der Waals surface area contributed by atoms with Gasteiger partial charge in [0.15, 0.2) is 23.8 Å². The molecule has 11 heteroatoms. The molecule has 1 aliphatic heterocycles. The molecule has 2 aromatic rings. The van der Waals surface area contributed by atoms with E-state index in [-0.39, 0.29) is 28.7 Å². The fraction of sp³-hybridized carbons (Fsp3) is 0.579. The average Bonchev–Trinajstić information content (AvgIpc) is 3.45. The summed E-state index contributed by atoms with van der Waals surface area (Å²) in [7, 11) is 0. The normalized spacial score (nSPS) is 37.4. The van der Waals surface area contributed by atoms with Crippen molar-refractivity contribution in [3.63, 3.8) is 0 Å². The number of carboxylic acid groups (broad SMARTS) is 1. The molecule has 11 nitrogen and oxygen atoms in total. The van der Waals surface area contributed by atoms with E-state index >= 15 is 0 Å². The van der Waals surface area contributed by atoms with Crippen LogP contribution in [0, 0.1) is 23.7 Å². The van der Waals surface area contributed by atoms with Crippen molar-refractivity contribution in [1.82, 2.24) is 19.5 Å². The summed E-state index contributed by atoms with van der Waals surface area (Å²) in [6.45, 7) is 0. The molecule has 158 valence electrons. The van der Waals surface area contributed by atoms with Gasteiger partial charge in [-0.25, -0.2) is 19.7 Å². The predicted octanol–water partition coefficient (Wildman–Crippen LogP) is -0.985. The second-order valence-corrected chi connectivity index (χ2v) is 8.28. The summed E-state index contributed by atoms with van der Waals surface area (Å²) in [5, 5.41) is 40.2. The van der Waals surface area contributed by atoms with Gasteiger partial charge in [0, 0.05) is 0 Å². The molecule has 2 saturated carbocycles. The Balaban J connectivity index is 1.50. The van der Waals surface area contributed by atoms with Gasteiger partial charge in [0.1, 0.15) is 23.3 Å². The highest BCUT2D eigenvalue weighted by atomic mass is 16.6. The summed E-state index contributed by atoms with van der Waals surface area (Å²) in [5.41, 5.74) is 5.32. The smallest absolute Gasteiger partial charge is 0.335 e. The van der Waals surface area contributed by atoms with Crippen molar-refractivity contribution in [3.05, 3.63) is 12.2 Å². The number of nitrogens with zero attached hydrogens (tertiary/aromatic N) is 4. The third kappa shape index (κ3) is 2.84. The molecule has 0 aromatic carbocycles. The van der Waals surface area contributed by atoms with Crippen molar-refractivity contribution < 1.29 is 30.0 Å². The third-order valence-electron chi connectivity index (χ3n) is 6.41. The number of anilines is 1. The number of aliphatic hydroxyl groups is 3. The minimum Gasteiger partial charge on any atom is -0.479 e. The number of aliphatic carboxylic acids is 1. The van der Waals surface area contributed by atoms with E-state index in [4.69, 9.17) is 15.6 Å². The van der Waals surface area contributed by atoms with Crippen LogP contribution in [-0.2, 0) is 9.53 Å². The molecule has 0 radical (unpaired) electrons. The highest BCUT2D eigenvalue weighted by molar-refractivity contribution is 5.82. The molecule has 2 aromatic heterocycles. The van der Waals surface area contributed by atoms with E-state index in [1.54, 1.807) is 0 Å². The van der Waals surface area contributed by atoms with Crippen molar-refractivity contribution in [3.8, 4) is 11.8 Å². The van der Waals surface area contributed by atoms with E-state index in [1.165, 1.54) is 10.9 Å². The van der Waals surface area contributed by atoms with Crippen LogP contribution in [0.4, 0.5) is 5.82 Å². The molecule has 6 N–H and O–H groups in total. The van der Waals surface area contributed by atoms with Gasteiger partial charge >= 0.3 is 5.97 Å². The van der Waals surface area contributed by atoms with E-state index in [9.17, 15) is 20.1 Å². The highest BCUT2D eigenvalue weighted by Crippen LogP contribution is 2.50. The molecule has 2 aliphatic carbocycles. The van der Waals surface area contributed by atoms with E-state index in [2.05, 4.69) is 26.8 Å². The summed E-state index contributed by atoms with van der Waals surface area (Å²) in [6, 6.07) is 0. The Morgan fingerprint density at radius 2 is 2.10 bits per heavy atom. The number of carbonyl (C=O) groups is 1. The zero-order chi connectivity index (χ0) is 21.2. The number of carboxylic acids is 1. The number of nitrogens with two attached hydrogens (primary N) is 1. The van der Waals surface area contributed by atoms with Crippen LogP contribution < -0.4 is 5.73 Å². The minimum absolute atomic E-state index is 0.0470. The maximum absolute atomic E-state index is 11.2. The maximum atomic E-state index is 11.2. The van der Waals surface area contributed by atoms with Gasteiger partial charge in [-0.05, 0) is 43.4 Å². The van der Waals surface area contributed by atoms with Gasteiger partial charge in [0.05, 0.1) is 6.33 Å². The van der Waals surface area contributed by atoms with Gasteiger partial charge in [-0.2, -0.15) is 0 Å². The van der Waals surface area contributed by atoms with Gasteiger partial charge in [-0.15, -0.1) is 0 Å². The Hall–Kier alpha value is -2.78. The van der Waals surface area contributed by atoms with Crippen LogP contribution in [0.3, 0.4) is 0 Å². The summed E-state index contributed by atoms with van der Waals surface area (Å²) < 4.78 is 6.61. The van der Waals surface area contributed by atoms with Gasteiger partial charge in [0.2, 0.25) is 5.82 Å². The zero-order valence-electron chi connectivity index (χ0n) is 15.8. The number of rotatable bonds is 2. The molecule has 3 aliphatic rings. The van der Waals surface area contributed by atoms with Crippen LogP contribution in [-0.4, -0.2) is 69.8 Å². The molecular weight excluding hydrogens is 394 g/mol. The van der Waals surface area contributed by atoms with Gasteiger partial charge in [-0.3, -0.25) is 4.57 Å². The number of hydrogen-bond acceptors (Lipinski definition) is 9. The largest absolute Gasteiger partial charge is 0.479 e. The zero-order valence-corrected chi connectivity index (χ0v) is 15.8. The summed E-state index contributed by atoms with van der Waals surface area (Å²) in [6.07, 6.45) is -0.976. The number of hydrogen-bond donors (Lipinski definition) is 5. The topological polar surface area (TPSA) is 177 Å². The third-order valence-corrected chi connectivity index (χ3v) is 6.41. The number of ether oxygens (including phenoxy) is 1. The Kier molecular flexibility index (Phi) is 4.23. The van der Waals surface area contributed by atoms with Crippen LogP contribution >= 0.6 is 0 Å². The first-order valence-electron chi connectivity index (χ1n) is 9.77. The van der Waals surface area contributed by atoms with Gasteiger partial charge < -0.3 is 30.9 Å². The molecule has 0 spiro atoms. The van der Waals surface area contributed by atoms with E-state index in [1.807, 2.05) is 0 Å². The SMILES string of the molecule is Nc1nc(C#CC2(O)CC3CCC2C3)nc2c1ncn2C1OC(C(=O)O)C(O)C1O. The Bertz CT molecular complexity index is 1090. The van der Waals surface area contributed by atoms with Crippen molar-refractivity contribution in [2.45, 2.75) is 55.8 Å². The van der Waals surface area contributed by atoms with Crippen LogP contribution in [0.5, 0.6) is 0 Å². The van der Waals surface area contributed by atoms with E-state index in [0.717, 1.165) is 19.3 Å². The summed E-state index contributed by atoms with van der Waals surface area (Å²) in [4.78, 5) is 23.8. The standard InChI is InChI=1S/C19H21N5O6/c20-15-11-16(24(7-21-11)17-13(26)12(25)14(30-17)18(27)28)23-10(22-15)3-4-19(29)6-8-1-2-9(19)5-8/h7-9,12-14,17,25-26,29H,1-2,5-6H2,(H,27,28)(H2,20,22,23). The van der Waals surface area contributed by atoms with E-state index in [0.29, 0.717) is 12.3 Å². The molecule has 30 heavy (non-hydrogen) atoms. The fourth-order valence-corrected chi connectivity index (χ4v) is 4.89. The Morgan fingerprint density at radius 1 is 1.30 bits per heavy atom. The first-order valence-corrected chi connectivity index (χ1v) is 9.77. The molecule has 3 fully saturated rings. The van der Waals surface area contributed by atoms with Crippen LogP contribution in [0.1, 0.15) is 37.7 Å². The summed E-state index contributed by atoms with van der Waals surface area (Å²) in [5.74, 6) is 5.09. The second-order valence-electron chi connectivity index (χ2n) is 8.28. The lowest BCUT2D eigenvalue weighted by Gasteiger charge is -2.26. The van der Waals surface area contributed by atoms with Crippen LogP contribution in [0.2, 0.25) is 0 Å². The highest BCUT2D eigenvalue weighted by Gasteiger charge is 2.49. The molecule has 5 rings (SSSR count). The van der Waals surface area contributed by atoms with Crippen molar-refractivity contribution >= 4 is 23.0 Å². The number of fused-ring (bicyclic) bond motifs is 3. The average molecular weight is 415 g/mol. The molecule has 2 bridgehead atoms. The second kappa shape index (κ2) is 6.61. The Morgan fingerprint density at radius 3 is 2.73 bits per heavy atom. The molecule has 1 saturated heterocycles. The number of aromatic nitrogens is 4. The summed E-state index contributed by atoms with van der Waals surface area (Å²) >= 11 is 0. The van der Waals surface area contributed by atoms with Crippen molar-refractivity contribution in [2.24, 2.45) is 11.8 Å². The van der Waals surface area contributed by atoms with Crippen molar-refractivity contribution in [1.29, 1.82) is 0 Å². The van der Waals surface area contributed by atoms with Crippen LogP contribution in [0.25, 0.3) is 11.2 Å². The lowest BCUT2D eigenvalue weighted by molar-refractivity contribution is -0.155. The van der Waals surface area contributed by atoms with Gasteiger partial charge in [0.25, 0.3) is 0 Å². The molecule has 0 amide bonds. The fourth-order valence-electron chi connectivity index (χ4n) is 4.89. The number of nitrogen functional groups attached to an aromatic ring is 1. The van der Waals surface area contributed by atoms with Crippen molar-refractivity contribution in [2.75, 3.05) is 5.73 Å². The molecular formula is C19H21N5O6. The molecule has 7 atom stereocenters. The lowest BCUT2D eigenvalue weighted by Crippen LogP contribution is -2.35. The van der Waals surface area contributed by atoms with E-state index < -0.39 is 36.1 Å².